The van der Waals surface area contributed by atoms with Gasteiger partial charge in [0.2, 0.25) is 0 Å². The zero-order valence-electron chi connectivity index (χ0n) is 9.36. The van der Waals surface area contributed by atoms with E-state index in [1.54, 1.807) is 0 Å². The fraction of sp³-hybridized carbons (Fsp3) is 0.400. The minimum atomic E-state index is -3.63. The highest BCUT2D eigenvalue weighted by atomic mass is 32.2. The van der Waals surface area contributed by atoms with Crippen LogP contribution in [0.1, 0.15) is 11.1 Å². The van der Waals surface area contributed by atoms with Crippen molar-refractivity contribution >= 4 is 10.2 Å². The molecule has 0 saturated carbocycles. The van der Waals surface area contributed by atoms with Crippen molar-refractivity contribution in [2.75, 3.05) is 13.2 Å². The van der Waals surface area contributed by atoms with Crippen LogP contribution in [-0.4, -0.2) is 21.6 Å². The second-order valence-electron chi connectivity index (χ2n) is 3.51. The van der Waals surface area contributed by atoms with Crippen molar-refractivity contribution in [2.24, 2.45) is 5.14 Å². The maximum Gasteiger partial charge on any atom is 0.274 e. The van der Waals surface area contributed by atoms with Crippen LogP contribution in [0.15, 0.2) is 18.2 Å². The lowest BCUT2D eigenvalue weighted by Gasteiger charge is -2.11. The third-order valence-corrected chi connectivity index (χ3v) is 2.67. The van der Waals surface area contributed by atoms with Gasteiger partial charge in [0.25, 0.3) is 10.2 Å². The van der Waals surface area contributed by atoms with Gasteiger partial charge in [-0.1, -0.05) is 18.2 Å². The summed E-state index contributed by atoms with van der Waals surface area (Å²) in [7, 11) is -3.63. The molecule has 0 unspecified atom stereocenters. The zero-order chi connectivity index (χ0) is 12.2. The molecule has 3 N–H and O–H groups in total. The Kier molecular flexibility index (Phi) is 4.28. The molecule has 6 heteroatoms. The summed E-state index contributed by atoms with van der Waals surface area (Å²) in [6, 6.07) is 5.82. The van der Waals surface area contributed by atoms with Gasteiger partial charge >= 0.3 is 0 Å². The van der Waals surface area contributed by atoms with Crippen molar-refractivity contribution in [3.63, 3.8) is 0 Å². The molecule has 0 aromatic heterocycles. The molecule has 0 aliphatic rings. The van der Waals surface area contributed by atoms with Gasteiger partial charge in [-0.3, -0.25) is 0 Å². The van der Waals surface area contributed by atoms with Gasteiger partial charge in [-0.15, -0.1) is 0 Å². The monoisotopic (exact) mass is 244 g/mol. The smallest absolute Gasteiger partial charge is 0.274 e. The first-order valence-corrected chi connectivity index (χ1v) is 6.41. The van der Waals surface area contributed by atoms with E-state index in [1.165, 1.54) is 0 Å². The maximum atomic E-state index is 10.6. The van der Waals surface area contributed by atoms with Crippen LogP contribution in [0, 0.1) is 13.8 Å². The first-order valence-electron chi connectivity index (χ1n) is 4.86. The fourth-order valence-corrected chi connectivity index (χ4v) is 1.73. The summed E-state index contributed by atoms with van der Waals surface area (Å²) in [6.45, 7) is 4.29. The molecule has 1 aromatic carbocycles. The summed E-state index contributed by atoms with van der Waals surface area (Å²) in [4.78, 5) is 0. The SMILES string of the molecule is Cc1cccc(C)c1OCCNS(N)(=O)=O. The first kappa shape index (κ1) is 13.0. The van der Waals surface area contributed by atoms with E-state index in [-0.39, 0.29) is 13.2 Å². The van der Waals surface area contributed by atoms with Gasteiger partial charge in [-0.2, -0.15) is 13.1 Å². The Morgan fingerprint density at radius 1 is 1.31 bits per heavy atom. The molecule has 0 aliphatic carbocycles. The molecular formula is C10H16N2O3S. The topological polar surface area (TPSA) is 81.4 Å². The number of ether oxygens (including phenoxy) is 1. The van der Waals surface area contributed by atoms with E-state index in [2.05, 4.69) is 4.72 Å². The highest BCUT2D eigenvalue weighted by Crippen LogP contribution is 2.21. The van der Waals surface area contributed by atoms with Crippen LogP contribution < -0.4 is 14.6 Å². The molecule has 0 aliphatic heterocycles. The number of hydrogen-bond donors (Lipinski definition) is 2. The molecule has 0 amide bonds. The molecule has 0 spiro atoms. The number of aryl methyl sites for hydroxylation is 2. The summed E-state index contributed by atoms with van der Waals surface area (Å²) < 4.78 is 28.8. The van der Waals surface area contributed by atoms with E-state index < -0.39 is 10.2 Å². The second kappa shape index (κ2) is 5.29. The maximum absolute atomic E-state index is 10.6. The molecule has 0 heterocycles. The molecular weight excluding hydrogens is 228 g/mol. The molecule has 0 saturated heterocycles. The van der Waals surface area contributed by atoms with Gasteiger partial charge in [-0.25, -0.2) is 5.14 Å². The molecule has 5 nitrogen and oxygen atoms in total. The van der Waals surface area contributed by atoms with Gasteiger partial charge < -0.3 is 4.74 Å². The molecule has 0 bridgehead atoms. The summed E-state index contributed by atoms with van der Waals surface area (Å²) >= 11 is 0. The number of nitrogens with two attached hydrogens (primary N) is 1. The molecule has 0 atom stereocenters. The average Bonchev–Trinajstić information content (AvgIpc) is 2.14. The Morgan fingerprint density at radius 3 is 2.38 bits per heavy atom. The van der Waals surface area contributed by atoms with Crippen LogP contribution in [0.4, 0.5) is 0 Å². The summed E-state index contributed by atoms with van der Waals surface area (Å²) in [5, 5.41) is 4.78. The van der Waals surface area contributed by atoms with E-state index in [9.17, 15) is 8.42 Å². The Hall–Kier alpha value is -1.11. The van der Waals surface area contributed by atoms with Crippen molar-refractivity contribution in [3.05, 3.63) is 29.3 Å². The Morgan fingerprint density at radius 2 is 1.88 bits per heavy atom. The predicted molar refractivity (Wildman–Crippen MR) is 62.5 cm³/mol. The van der Waals surface area contributed by atoms with E-state index in [1.807, 2.05) is 32.0 Å². The van der Waals surface area contributed by atoms with Crippen molar-refractivity contribution < 1.29 is 13.2 Å². The Labute approximate surface area is 95.8 Å². The van der Waals surface area contributed by atoms with Gasteiger partial charge in [0.05, 0.1) is 0 Å². The zero-order valence-corrected chi connectivity index (χ0v) is 10.2. The van der Waals surface area contributed by atoms with E-state index >= 15 is 0 Å². The van der Waals surface area contributed by atoms with Crippen LogP contribution in [-0.2, 0) is 10.2 Å². The molecule has 16 heavy (non-hydrogen) atoms. The van der Waals surface area contributed by atoms with Gasteiger partial charge in [0.1, 0.15) is 12.4 Å². The first-order chi connectivity index (χ1) is 7.40. The fourth-order valence-electron chi connectivity index (χ4n) is 1.36. The van der Waals surface area contributed by atoms with Crippen molar-refractivity contribution in [1.82, 2.24) is 4.72 Å². The minimum absolute atomic E-state index is 0.159. The number of hydrogen-bond acceptors (Lipinski definition) is 3. The van der Waals surface area contributed by atoms with Crippen molar-refractivity contribution in [2.45, 2.75) is 13.8 Å². The molecule has 0 radical (unpaired) electrons. The van der Waals surface area contributed by atoms with Gasteiger partial charge in [-0.05, 0) is 25.0 Å². The number of rotatable bonds is 5. The van der Waals surface area contributed by atoms with E-state index in [4.69, 9.17) is 9.88 Å². The Balaban J connectivity index is 2.49. The molecule has 90 valence electrons. The van der Waals surface area contributed by atoms with Crippen LogP contribution in [0.2, 0.25) is 0 Å². The molecule has 1 aromatic rings. The van der Waals surface area contributed by atoms with E-state index in [0.29, 0.717) is 0 Å². The standard InChI is InChI=1S/C10H16N2O3S/c1-8-4-3-5-9(2)10(8)15-7-6-12-16(11,13)14/h3-5,12H,6-7H2,1-2H3,(H2,11,13,14). The lowest BCUT2D eigenvalue weighted by molar-refractivity contribution is 0.318. The number of para-hydroxylation sites is 1. The van der Waals surface area contributed by atoms with Crippen molar-refractivity contribution in [3.8, 4) is 5.75 Å². The second-order valence-corrected chi connectivity index (χ2v) is 4.89. The summed E-state index contributed by atoms with van der Waals surface area (Å²) in [5.74, 6) is 0.790. The van der Waals surface area contributed by atoms with Crippen molar-refractivity contribution in [1.29, 1.82) is 0 Å². The normalized spacial score (nSPS) is 11.4. The number of benzene rings is 1. The minimum Gasteiger partial charge on any atom is -0.492 e. The molecule has 0 fully saturated rings. The lowest BCUT2D eigenvalue weighted by atomic mass is 10.1. The lowest BCUT2D eigenvalue weighted by Crippen LogP contribution is -2.33. The number of nitrogens with one attached hydrogen (secondary N) is 1. The van der Waals surface area contributed by atoms with Gasteiger partial charge in [0.15, 0.2) is 0 Å². The largest absolute Gasteiger partial charge is 0.492 e. The van der Waals surface area contributed by atoms with Crippen LogP contribution in [0.25, 0.3) is 0 Å². The third-order valence-electron chi connectivity index (χ3n) is 2.06. The summed E-state index contributed by atoms with van der Waals surface area (Å²) in [5.41, 5.74) is 2.05. The highest BCUT2D eigenvalue weighted by molar-refractivity contribution is 7.87. The van der Waals surface area contributed by atoms with Crippen LogP contribution >= 0.6 is 0 Å². The third kappa shape index (κ3) is 4.18. The predicted octanol–water partition coefficient (Wildman–Crippen LogP) is 0.475. The summed E-state index contributed by atoms with van der Waals surface area (Å²) in [6.07, 6.45) is 0. The highest BCUT2D eigenvalue weighted by Gasteiger charge is 2.04. The Bertz CT molecular complexity index is 437. The van der Waals surface area contributed by atoms with Crippen LogP contribution in [0.5, 0.6) is 5.75 Å². The molecule has 1 rings (SSSR count). The van der Waals surface area contributed by atoms with E-state index in [0.717, 1.165) is 16.9 Å². The van der Waals surface area contributed by atoms with Crippen LogP contribution in [0.3, 0.4) is 0 Å². The quantitative estimate of drug-likeness (QED) is 0.739. The average molecular weight is 244 g/mol. The van der Waals surface area contributed by atoms with Gasteiger partial charge in [0, 0.05) is 6.54 Å².